The van der Waals surface area contributed by atoms with Crippen LogP contribution in [-0.2, 0) is 8.23 Å². The molecule has 0 saturated carbocycles. The number of rotatable bonds is 7. The van der Waals surface area contributed by atoms with Gasteiger partial charge in [-0.25, -0.2) is 0 Å². The van der Waals surface area contributed by atoms with E-state index in [0.717, 1.165) is 0 Å². The Kier molecular flexibility index (Phi) is 6.67. The van der Waals surface area contributed by atoms with E-state index in [1.54, 1.807) is 0 Å². The Morgan fingerprint density at radius 3 is 1.52 bits per heavy atom. The lowest BCUT2D eigenvalue weighted by Crippen LogP contribution is -2.56. The molecule has 0 aliphatic carbocycles. The SMILES string of the molecule is CC(C)(C)C(=O)c1ccc(O[Si](C)(O[Si](C)(C)C)O[Si](C)(C)C)cc1. The maximum Gasteiger partial charge on any atom is 0.541 e. The Hall–Kier alpha value is -0.739. The number of ketones is 1. The highest BCUT2D eigenvalue weighted by Crippen LogP contribution is 2.27. The molecule has 0 aliphatic heterocycles. The Labute approximate surface area is 156 Å². The van der Waals surface area contributed by atoms with Crippen molar-refractivity contribution in [3.05, 3.63) is 29.8 Å². The normalized spacial score (nSPS) is 13.7. The van der Waals surface area contributed by atoms with Crippen LogP contribution in [0.1, 0.15) is 31.1 Å². The summed E-state index contributed by atoms with van der Waals surface area (Å²) in [5.74, 6) is 0.812. The molecule has 0 N–H and O–H groups in total. The van der Waals surface area contributed by atoms with Gasteiger partial charge in [-0.2, -0.15) is 0 Å². The van der Waals surface area contributed by atoms with Crippen molar-refractivity contribution in [2.45, 2.75) is 66.6 Å². The van der Waals surface area contributed by atoms with Crippen molar-refractivity contribution < 1.29 is 17.5 Å². The fourth-order valence-electron chi connectivity index (χ4n) is 2.50. The average Bonchev–Trinajstić information content (AvgIpc) is 2.32. The second-order valence-corrected chi connectivity index (χ2v) is 21.5. The number of hydrogen-bond acceptors (Lipinski definition) is 4. The lowest BCUT2D eigenvalue weighted by molar-refractivity contribution is 0.0858. The molecule has 142 valence electrons. The van der Waals surface area contributed by atoms with Crippen LogP contribution in [0.2, 0.25) is 45.8 Å². The van der Waals surface area contributed by atoms with Gasteiger partial charge >= 0.3 is 8.80 Å². The molecular weight excluding hydrogens is 364 g/mol. The van der Waals surface area contributed by atoms with Crippen LogP contribution in [0.25, 0.3) is 0 Å². The monoisotopic (exact) mass is 398 g/mol. The first-order chi connectivity index (χ1) is 11.0. The topological polar surface area (TPSA) is 44.8 Å². The van der Waals surface area contributed by atoms with Crippen LogP contribution in [0.3, 0.4) is 0 Å². The summed E-state index contributed by atoms with van der Waals surface area (Å²) >= 11 is 0. The largest absolute Gasteiger partial charge is 0.541 e. The van der Waals surface area contributed by atoms with Gasteiger partial charge in [-0.15, -0.1) is 0 Å². The summed E-state index contributed by atoms with van der Waals surface area (Å²) in [5, 5.41) is 0. The first-order valence-corrected chi connectivity index (χ1v) is 17.8. The Bertz CT molecular complexity index is 577. The van der Waals surface area contributed by atoms with Crippen molar-refractivity contribution in [2.24, 2.45) is 5.41 Å². The van der Waals surface area contributed by atoms with Crippen LogP contribution >= 0.6 is 0 Å². The number of benzene rings is 1. The molecule has 4 nitrogen and oxygen atoms in total. The average molecular weight is 399 g/mol. The molecular formula is C18H34O4Si3. The fourth-order valence-corrected chi connectivity index (χ4v) is 12.8. The van der Waals surface area contributed by atoms with E-state index < -0.39 is 30.9 Å². The highest BCUT2D eigenvalue weighted by atomic mass is 28.5. The maximum absolute atomic E-state index is 12.4. The van der Waals surface area contributed by atoms with Crippen molar-refractivity contribution in [1.82, 2.24) is 0 Å². The van der Waals surface area contributed by atoms with Crippen molar-refractivity contribution in [3.8, 4) is 5.75 Å². The summed E-state index contributed by atoms with van der Waals surface area (Å²) in [4.78, 5) is 12.4. The van der Waals surface area contributed by atoms with E-state index in [0.29, 0.717) is 11.3 Å². The minimum absolute atomic E-state index is 0.121. The molecule has 0 atom stereocenters. The predicted octanol–water partition coefficient (Wildman–Crippen LogP) is 5.57. The van der Waals surface area contributed by atoms with Gasteiger partial charge in [0.1, 0.15) is 5.75 Å². The number of Topliss-reactive ketones (excluding diaryl/α,β-unsaturated/α-hetero) is 1. The molecule has 0 aromatic heterocycles. The molecule has 0 spiro atoms. The van der Waals surface area contributed by atoms with E-state index in [2.05, 4.69) is 39.3 Å². The summed E-state index contributed by atoms with van der Waals surface area (Å²) in [5.41, 5.74) is 0.300. The third-order valence-corrected chi connectivity index (χ3v) is 11.6. The predicted molar refractivity (Wildman–Crippen MR) is 111 cm³/mol. The molecule has 0 aliphatic rings. The number of carbonyl (C=O) groups excluding carboxylic acids is 1. The second-order valence-electron chi connectivity index (χ2n) is 9.50. The van der Waals surface area contributed by atoms with E-state index in [4.69, 9.17) is 12.7 Å². The summed E-state index contributed by atoms with van der Waals surface area (Å²) in [7, 11) is -6.44. The molecule has 0 radical (unpaired) electrons. The molecule has 0 bridgehead atoms. The second kappa shape index (κ2) is 7.48. The summed E-state index contributed by atoms with van der Waals surface area (Å²) in [6.07, 6.45) is 0. The smallest absolute Gasteiger partial charge is 0.502 e. The van der Waals surface area contributed by atoms with Gasteiger partial charge in [0.15, 0.2) is 22.4 Å². The molecule has 1 aromatic carbocycles. The van der Waals surface area contributed by atoms with Crippen molar-refractivity contribution in [2.75, 3.05) is 0 Å². The van der Waals surface area contributed by atoms with Gasteiger partial charge < -0.3 is 12.7 Å². The molecule has 0 saturated heterocycles. The molecule has 1 rings (SSSR count). The minimum atomic E-state index is -2.80. The van der Waals surface area contributed by atoms with Gasteiger partial charge in [0, 0.05) is 17.5 Å². The third kappa shape index (κ3) is 8.00. The third-order valence-electron chi connectivity index (χ3n) is 3.08. The number of hydrogen-bond donors (Lipinski definition) is 0. The standard InChI is InChI=1S/C18H34O4Si3/c1-18(2,3)17(19)15-11-13-16(14-12-15)20-25(10,21-23(4,5)6)22-24(7,8)9/h11-14H,1-10H3. The van der Waals surface area contributed by atoms with E-state index in [1.807, 2.05) is 51.6 Å². The van der Waals surface area contributed by atoms with Gasteiger partial charge in [-0.1, -0.05) is 20.8 Å². The minimum Gasteiger partial charge on any atom is -0.502 e. The Morgan fingerprint density at radius 2 is 1.20 bits per heavy atom. The quantitative estimate of drug-likeness (QED) is 0.445. The highest BCUT2D eigenvalue weighted by Gasteiger charge is 2.45. The molecule has 1 aromatic rings. The van der Waals surface area contributed by atoms with E-state index in [1.165, 1.54) is 0 Å². The highest BCUT2D eigenvalue weighted by molar-refractivity contribution is 6.85. The van der Waals surface area contributed by atoms with Gasteiger partial charge in [-0.05, 0) is 63.5 Å². The van der Waals surface area contributed by atoms with E-state index in [9.17, 15) is 4.79 Å². The molecule has 0 unspecified atom stereocenters. The van der Waals surface area contributed by atoms with Crippen LogP contribution in [0.4, 0.5) is 0 Å². The zero-order valence-corrected chi connectivity index (χ0v) is 20.4. The molecule has 7 heteroatoms. The van der Waals surface area contributed by atoms with Crippen LogP contribution in [0.5, 0.6) is 5.75 Å². The van der Waals surface area contributed by atoms with E-state index >= 15 is 0 Å². The van der Waals surface area contributed by atoms with Gasteiger partial charge in [0.2, 0.25) is 0 Å². The zero-order chi connectivity index (χ0) is 19.7. The fraction of sp³-hybridized carbons (Fsp3) is 0.611. The summed E-state index contributed by atoms with van der Waals surface area (Å²) in [6, 6.07) is 7.32. The van der Waals surface area contributed by atoms with Crippen LogP contribution in [-0.4, -0.2) is 31.2 Å². The van der Waals surface area contributed by atoms with E-state index in [-0.39, 0.29) is 5.78 Å². The molecule has 0 heterocycles. The van der Waals surface area contributed by atoms with Crippen molar-refractivity contribution in [3.63, 3.8) is 0 Å². The van der Waals surface area contributed by atoms with Gasteiger partial charge in [0.25, 0.3) is 0 Å². The Balaban J connectivity index is 3.03. The lowest BCUT2D eigenvalue weighted by atomic mass is 9.86. The van der Waals surface area contributed by atoms with Crippen LogP contribution in [0.15, 0.2) is 24.3 Å². The summed E-state index contributed by atoms with van der Waals surface area (Å²) in [6.45, 7) is 20.6. The Morgan fingerprint density at radius 1 is 0.800 bits per heavy atom. The molecule has 25 heavy (non-hydrogen) atoms. The lowest BCUT2D eigenvalue weighted by Gasteiger charge is -2.37. The molecule has 0 fully saturated rings. The van der Waals surface area contributed by atoms with Gasteiger partial charge in [0.05, 0.1) is 0 Å². The number of carbonyl (C=O) groups is 1. The van der Waals surface area contributed by atoms with Crippen molar-refractivity contribution >= 4 is 31.2 Å². The van der Waals surface area contributed by atoms with Crippen molar-refractivity contribution in [1.29, 1.82) is 0 Å². The zero-order valence-electron chi connectivity index (χ0n) is 17.4. The maximum atomic E-state index is 12.4. The summed E-state index contributed by atoms with van der Waals surface area (Å²) < 4.78 is 18.9. The first-order valence-electron chi connectivity index (χ1n) is 8.75. The van der Waals surface area contributed by atoms with Gasteiger partial charge in [-0.3, -0.25) is 4.79 Å². The van der Waals surface area contributed by atoms with Crippen LogP contribution in [0, 0.1) is 5.41 Å². The van der Waals surface area contributed by atoms with Crippen LogP contribution < -0.4 is 4.43 Å². The first kappa shape index (κ1) is 22.3. The molecule has 0 amide bonds.